The summed E-state index contributed by atoms with van der Waals surface area (Å²) in [6.07, 6.45) is -1.52. The molecule has 0 spiro atoms. The average molecular weight is 411 g/mol. The van der Waals surface area contributed by atoms with E-state index in [1.54, 1.807) is 0 Å². The number of nitrogens with one attached hydrogen (secondary N) is 2. The molecule has 0 atom stereocenters. The first-order chi connectivity index (χ1) is 13.9. The maximum Gasteiger partial charge on any atom is 0.419 e. The summed E-state index contributed by atoms with van der Waals surface area (Å²) in [5.74, 6) is 0.330. The SMILES string of the molecule is CN1CCC(c2cc3c(NCCN4CCOCC4)c(C(F)(F)F)cnc3[nH]2)CC1. The number of aromatic nitrogens is 2. The van der Waals surface area contributed by atoms with Crippen molar-refractivity contribution in [2.75, 3.05) is 64.8 Å². The molecule has 160 valence electrons. The summed E-state index contributed by atoms with van der Waals surface area (Å²) in [5.41, 5.74) is 0.920. The van der Waals surface area contributed by atoms with E-state index in [1.165, 1.54) is 0 Å². The highest BCUT2D eigenvalue weighted by Crippen LogP contribution is 2.39. The first kappa shape index (κ1) is 20.4. The third kappa shape index (κ3) is 4.67. The van der Waals surface area contributed by atoms with Gasteiger partial charge in [-0.2, -0.15) is 13.2 Å². The summed E-state index contributed by atoms with van der Waals surface area (Å²) in [5, 5.41) is 3.59. The van der Waals surface area contributed by atoms with Gasteiger partial charge in [0.15, 0.2) is 0 Å². The van der Waals surface area contributed by atoms with E-state index in [2.05, 4.69) is 32.1 Å². The van der Waals surface area contributed by atoms with E-state index in [-0.39, 0.29) is 5.69 Å². The molecule has 4 rings (SSSR count). The fourth-order valence-electron chi connectivity index (χ4n) is 4.20. The number of piperidine rings is 1. The van der Waals surface area contributed by atoms with Gasteiger partial charge in [-0.25, -0.2) is 4.98 Å². The first-order valence-electron chi connectivity index (χ1n) is 10.2. The lowest BCUT2D eigenvalue weighted by molar-refractivity contribution is -0.137. The largest absolute Gasteiger partial charge is 0.419 e. The third-order valence-electron chi connectivity index (χ3n) is 5.98. The minimum absolute atomic E-state index is 0.131. The van der Waals surface area contributed by atoms with Gasteiger partial charge in [0, 0.05) is 49.4 Å². The smallest absolute Gasteiger partial charge is 0.383 e. The van der Waals surface area contributed by atoms with Crippen LogP contribution in [-0.4, -0.2) is 79.3 Å². The normalized spacial score (nSPS) is 20.4. The third-order valence-corrected chi connectivity index (χ3v) is 5.98. The van der Waals surface area contributed by atoms with Gasteiger partial charge in [0.25, 0.3) is 0 Å². The highest BCUT2D eigenvalue weighted by Gasteiger charge is 2.35. The Kier molecular flexibility index (Phi) is 5.98. The zero-order chi connectivity index (χ0) is 20.4. The van der Waals surface area contributed by atoms with Crippen molar-refractivity contribution in [3.05, 3.63) is 23.5 Å². The van der Waals surface area contributed by atoms with Crippen LogP contribution in [0.2, 0.25) is 0 Å². The number of likely N-dealkylation sites (tertiary alicyclic amines) is 1. The molecule has 2 aliphatic heterocycles. The van der Waals surface area contributed by atoms with E-state index in [1.807, 2.05) is 6.07 Å². The van der Waals surface area contributed by atoms with E-state index < -0.39 is 11.7 Å². The van der Waals surface area contributed by atoms with Crippen LogP contribution in [-0.2, 0) is 10.9 Å². The van der Waals surface area contributed by atoms with Crippen molar-refractivity contribution in [2.24, 2.45) is 0 Å². The van der Waals surface area contributed by atoms with Crippen molar-refractivity contribution in [3.63, 3.8) is 0 Å². The van der Waals surface area contributed by atoms with Gasteiger partial charge in [-0.1, -0.05) is 0 Å². The molecule has 6 nitrogen and oxygen atoms in total. The zero-order valence-electron chi connectivity index (χ0n) is 16.7. The number of anilines is 1. The number of H-pyrrole nitrogens is 1. The predicted octanol–water partition coefficient (Wildman–Crippen LogP) is 3.14. The molecule has 0 amide bonds. The summed E-state index contributed by atoms with van der Waals surface area (Å²) in [7, 11) is 2.09. The Bertz CT molecular complexity index is 823. The van der Waals surface area contributed by atoms with Crippen LogP contribution in [0.4, 0.5) is 18.9 Å². The van der Waals surface area contributed by atoms with Gasteiger partial charge in [-0.05, 0) is 39.0 Å². The number of morpholine rings is 1. The number of pyridine rings is 1. The minimum atomic E-state index is -4.45. The van der Waals surface area contributed by atoms with Crippen LogP contribution in [0.5, 0.6) is 0 Å². The molecule has 9 heteroatoms. The molecular formula is C20H28F3N5O. The molecule has 0 radical (unpaired) electrons. The van der Waals surface area contributed by atoms with E-state index >= 15 is 0 Å². The van der Waals surface area contributed by atoms with Crippen LogP contribution in [0.1, 0.15) is 30.0 Å². The molecule has 2 aromatic heterocycles. The number of hydrogen-bond acceptors (Lipinski definition) is 5. The lowest BCUT2D eigenvalue weighted by Gasteiger charge is -2.28. The number of aromatic amines is 1. The summed E-state index contributed by atoms with van der Waals surface area (Å²) in [6.45, 7) is 6.07. The number of nitrogens with zero attached hydrogens (tertiary/aromatic N) is 3. The lowest BCUT2D eigenvalue weighted by Crippen LogP contribution is -2.39. The summed E-state index contributed by atoms with van der Waals surface area (Å²) >= 11 is 0. The topological polar surface area (TPSA) is 56.4 Å². The van der Waals surface area contributed by atoms with E-state index in [9.17, 15) is 13.2 Å². The van der Waals surface area contributed by atoms with Crippen LogP contribution >= 0.6 is 0 Å². The maximum absolute atomic E-state index is 13.6. The Labute approximate surface area is 168 Å². The molecule has 0 aromatic carbocycles. The van der Waals surface area contributed by atoms with Gasteiger partial charge >= 0.3 is 6.18 Å². The number of fused-ring (bicyclic) bond motifs is 1. The van der Waals surface area contributed by atoms with Crippen molar-refractivity contribution >= 4 is 16.7 Å². The number of alkyl halides is 3. The van der Waals surface area contributed by atoms with Crippen molar-refractivity contribution < 1.29 is 17.9 Å². The minimum Gasteiger partial charge on any atom is -0.383 e. The highest BCUT2D eigenvalue weighted by molar-refractivity contribution is 5.92. The van der Waals surface area contributed by atoms with Crippen LogP contribution < -0.4 is 5.32 Å². The fraction of sp³-hybridized carbons (Fsp3) is 0.650. The Hall–Kier alpha value is -1.84. The molecule has 0 bridgehead atoms. The predicted molar refractivity (Wildman–Crippen MR) is 106 cm³/mol. The molecule has 0 aliphatic carbocycles. The van der Waals surface area contributed by atoms with E-state index in [0.29, 0.717) is 43.3 Å². The first-order valence-corrected chi connectivity index (χ1v) is 10.2. The van der Waals surface area contributed by atoms with Gasteiger partial charge in [-0.3, -0.25) is 4.90 Å². The number of ether oxygens (including phenoxy) is 1. The number of halogens is 3. The molecule has 29 heavy (non-hydrogen) atoms. The van der Waals surface area contributed by atoms with Gasteiger partial charge in [0.2, 0.25) is 0 Å². The average Bonchev–Trinajstić information content (AvgIpc) is 3.13. The van der Waals surface area contributed by atoms with Crippen LogP contribution in [0.3, 0.4) is 0 Å². The second-order valence-electron chi connectivity index (χ2n) is 7.99. The molecule has 0 saturated carbocycles. The van der Waals surface area contributed by atoms with Crippen molar-refractivity contribution in [1.29, 1.82) is 0 Å². The van der Waals surface area contributed by atoms with Gasteiger partial charge in [0.1, 0.15) is 5.65 Å². The fourth-order valence-corrected chi connectivity index (χ4v) is 4.20. The standard InChI is InChI=1S/C20H28F3N5O/c1-27-5-2-14(3-6-27)17-12-15-18(24-4-7-28-8-10-29-11-9-28)16(20(21,22)23)13-25-19(15)26-17/h12-14H,2-11H2,1H3,(H2,24,25,26). The van der Waals surface area contributed by atoms with Gasteiger partial charge < -0.3 is 19.9 Å². The summed E-state index contributed by atoms with van der Waals surface area (Å²) in [6, 6.07) is 1.87. The van der Waals surface area contributed by atoms with Crippen LogP contribution in [0.25, 0.3) is 11.0 Å². The van der Waals surface area contributed by atoms with Gasteiger partial charge in [0.05, 0.1) is 24.5 Å². The highest BCUT2D eigenvalue weighted by atomic mass is 19.4. The Morgan fingerprint density at radius 2 is 1.93 bits per heavy atom. The van der Waals surface area contributed by atoms with Crippen molar-refractivity contribution in [3.8, 4) is 0 Å². The monoisotopic (exact) mass is 411 g/mol. The second kappa shape index (κ2) is 8.49. The quantitative estimate of drug-likeness (QED) is 0.792. The number of rotatable bonds is 5. The molecule has 4 heterocycles. The number of hydrogen-bond donors (Lipinski definition) is 2. The lowest BCUT2D eigenvalue weighted by atomic mass is 9.94. The van der Waals surface area contributed by atoms with Gasteiger partial charge in [-0.15, -0.1) is 0 Å². The Morgan fingerprint density at radius 3 is 2.62 bits per heavy atom. The van der Waals surface area contributed by atoms with E-state index in [0.717, 1.165) is 50.9 Å². The molecular weight excluding hydrogens is 383 g/mol. The van der Waals surface area contributed by atoms with Crippen LogP contribution in [0, 0.1) is 0 Å². The molecule has 2 aromatic rings. The van der Waals surface area contributed by atoms with Crippen molar-refractivity contribution in [1.82, 2.24) is 19.8 Å². The van der Waals surface area contributed by atoms with Crippen molar-refractivity contribution in [2.45, 2.75) is 24.9 Å². The molecule has 2 fully saturated rings. The molecule has 0 unspecified atom stereocenters. The summed E-state index contributed by atoms with van der Waals surface area (Å²) < 4.78 is 46.2. The summed E-state index contributed by atoms with van der Waals surface area (Å²) in [4.78, 5) is 11.8. The van der Waals surface area contributed by atoms with E-state index in [4.69, 9.17) is 4.74 Å². The maximum atomic E-state index is 13.6. The second-order valence-corrected chi connectivity index (χ2v) is 7.99. The molecule has 2 saturated heterocycles. The Morgan fingerprint density at radius 1 is 1.21 bits per heavy atom. The van der Waals surface area contributed by atoms with Crippen LogP contribution in [0.15, 0.2) is 12.3 Å². The molecule has 2 aliphatic rings. The Balaban J connectivity index is 1.58. The molecule has 2 N–H and O–H groups in total. The zero-order valence-corrected chi connectivity index (χ0v) is 16.7.